The molecule has 0 saturated carbocycles. The third-order valence-electron chi connectivity index (χ3n) is 1.73. The summed E-state index contributed by atoms with van der Waals surface area (Å²) in [4.78, 5) is 17.0. The molecule has 4 nitrogen and oxygen atoms in total. The first-order valence-corrected chi connectivity index (χ1v) is 4.53. The lowest BCUT2D eigenvalue weighted by Gasteiger charge is -2.28. The fraction of sp³-hybridized carbons (Fsp3) is 0.429. The summed E-state index contributed by atoms with van der Waals surface area (Å²) in [5.41, 5.74) is 0. The van der Waals surface area contributed by atoms with E-state index in [1.807, 2.05) is 0 Å². The highest BCUT2D eigenvalue weighted by molar-refractivity contribution is 8.17. The number of aliphatic hydroxyl groups is 1. The monoisotopic (exact) mass is 184 g/mol. The number of aliphatic imine (C=N–C) groups is 1. The van der Waals surface area contributed by atoms with Gasteiger partial charge >= 0.3 is 0 Å². The summed E-state index contributed by atoms with van der Waals surface area (Å²) in [7, 11) is 0. The second-order valence-corrected chi connectivity index (χ2v) is 3.58. The molecule has 2 rings (SSSR count). The molecule has 1 amide bonds. The molecular formula is C7H8N2O2S. The molecule has 12 heavy (non-hydrogen) atoms. The Labute approximate surface area is 74.0 Å². The molecule has 64 valence electrons. The average molecular weight is 184 g/mol. The smallest absolute Gasteiger partial charge is 0.256 e. The predicted octanol–water partition coefficient (Wildman–Crippen LogP) is 0.721. The van der Waals surface area contributed by atoms with Crippen LogP contribution < -0.4 is 0 Å². The first kappa shape index (κ1) is 7.67. The van der Waals surface area contributed by atoms with Crippen LogP contribution >= 0.6 is 11.8 Å². The third kappa shape index (κ3) is 1.20. The van der Waals surface area contributed by atoms with Crippen molar-refractivity contribution in [3.05, 3.63) is 11.2 Å². The number of carbonyl (C=O) groups excluding carboxylic acids is 1. The van der Waals surface area contributed by atoms with Gasteiger partial charge in [-0.3, -0.25) is 14.7 Å². The lowest BCUT2D eigenvalue weighted by Crippen LogP contribution is -2.40. The Morgan fingerprint density at radius 2 is 2.50 bits per heavy atom. The number of nitrogens with zero attached hydrogens (tertiary/aromatic N) is 2. The van der Waals surface area contributed by atoms with Gasteiger partial charge in [-0.25, -0.2) is 0 Å². The van der Waals surface area contributed by atoms with Gasteiger partial charge in [-0.05, 0) is 18.2 Å². The summed E-state index contributed by atoms with van der Waals surface area (Å²) in [6.45, 7) is 1.47. The summed E-state index contributed by atoms with van der Waals surface area (Å²) in [5.74, 6) is -0.162. The van der Waals surface area contributed by atoms with Crippen molar-refractivity contribution in [1.82, 2.24) is 4.90 Å². The van der Waals surface area contributed by atoms with Crippen LogP contribution in [0, 0.1) is 0 Å². The van der Waals surface area contributed by atoms with E-state index in [2.05, 4.69) is 4.99 Å². The maximum atomic E-state index is 11.2. The fourth-order valence-corrected chi connectivity index (χ4v) is 1.98. The SMILES string of the molecule is O=C1C=C(O)SC2=NCCCN12. The largest absolute Gasteiger partial charge is 0.502 e. The molecule has 0 atom stereocenters. The van der Waals surface area contributed by atoms with E-state index in [4.69, 9.17) is 5.11 Å². The zero-order valence-corrected chi connectivity index (χ0v) is 7.17. The van der Waals surface area contributed by atoms with Crippen LogP contribution in [0.2, 0.25) is 0 Å². The standard InChI is InChI=1S/C7H8N2O2S/c10-5-4-6(11)12-7-8-2-1-3-9(5)7/h4,11H,1-3H2. The minimum absolute atomic E-state index is 0.0388. The van der Waals surface area contributed by atoms with Crippen molar-refractivity contribution in [2.45, 2.75) is 6.42 Å². The van der Waals surface area contributed by atoms with E-state index in [1.165, 1.54) is 6.08 Å². The lowest BCUT2D eigenvalue weighted by atomic mass is 10.3. The Hall–Kier alpha value is -0.970. The molecule has 2 aliphatic rings. The van der Waals surface area contributed by atoms with Gasteiger partial charge in [0.05, 0.1) is 6.08 Å². The van der Waals surface area contributed by atoms with Crippen molar-refractivity contribution in [3.8, 4) is 0 Å². The van der Waals surface area contributed by atoms with E-state index in [9.17, 15) is 4.79 Å². The van der Waals surface area contributed by atoms with Crippen molar-refractivity contribution in [2.24, 2.45) is 4.99 Å². The van der Waals surface area contributed by atoms with Crippen LogP contribution in [0.15, 0.2) is 16.2 Å². The normalized spacial score (nSPS) is 23.0. The number of thioether (sulfide) groups is 1. The number of hydrogen-bond donors (Lipinski definition) is 1. The number of carbonyl (C=O) groups is 1. The molecular weight excluding hydrogens is 176 g/mol. The molecule has 1 N–H and O–H groups in total. The Morgan fingerprint density at radius 1 is 1.67 bits per heavy atom. The second-order valence-electron chi connectivity index (χ2n) is 2.59. The molecule has 0 unspecified atom stereocenters. The van der Waals surface area contributed by atoms with Gasteiger partial charge in [0.1, 0.15) is 0 Å². The van der Waals surface area contributed by atoms with E-state index in [0.717, 1.165) is 24.7 Å². The molecule has 2 heterocycles. The first-order chi connectivity index (χ1) is 5.77. The predicted molar refractivity (Wildman–Crippen MR) is 46.9 cm³/mol. The quantitative estimate of drug-likeness (QED) is 0.603. The molecule has 0 aliphatic carbocycles. The number of rotatable bonds is 0. The second kappa shape index (κ2) is 2.82. The number of amides is 1. The Kier molecular flexibility index (Phi) is 1.80. The number of fused-ring (bicyclic) bond motifs is 1. The van der Waals surface area contributed by atoms with Gasteiger partial charge in [-0.15, -0.1) is 0 Å². The molecule has 2 aliphatic heterocycles. The van der Waals surface area contributed by atoms with Gasteiger partial charge in [0.25, 0.3) is 5.91 Å². The minimum atomic E-state index is -0.162. The number of amidine groups is 1. The van der Waals surface area contributed by atoms with Gasteiger partial charge in [0.2, 0.25) is 0 Å². The highest BCUT2D eigenvalue weighted by Gasteiger charge is 2.26. The van der Waals surface area contributed by atoms with Crippen LogP contribution in [0.25, 0.3) is 0 Å². The molecule has 0 fully saturated rings. The minimum Gasteiger partial charge on any atom is -0.502 e. The van der Waals surface area contributed by atoms with Gasteiger partial charge in [-0.2, -0.15) is 0 Å². The highest BCUT2D eigenvalue weighted by Crippen LogP contribution is 2.25. The maximum absolute atomic E-state index is 11.2. The molecule has 0 radical (unpaired) electrons. The van der Waals surface area contributed by atoms with Crippen molar-refractivity contribution in [2.75, 3.05) is 13.1 Å². The highest BCUT2D eigenvalue weighted by atomic mass is 32.2. The first-order valence-electron chi connectivity index (χ1n) is 3.72. The maximum Gasteiger partial charge on any atom is 0.256 e. The van der Waals surface area contributed by atoms with E-state index < -0.39 is 0 Å². The Bertz CT molecular complexity index is 285. The van der Waals surface area contributed by atoms with Gasteiger partial charge in [0.15, 0.2) is 10.3 Å². The van der Waals surface area contributed by atoms with Gasteiger partial charge in [-0.1, -0.05) is 0 Å². The van der Waals surface area contributed by atoms with Gasteiger partial charge in [0, 0.05) is 13.1 Å². The van der Waals surface area contributed by atoms with Crippen LogP contribution in [0.4, 0.5) is 0 Å². The van der Waals surface area contributed by atoms with Crippen molar-refractivity contribution < 1.29 is 9.90 Å². The summed E-state index contributed by atoms with van der Waals surface area (Å²) in [6, 6.07) is 0. The summed E-state index contributed by atoms with van der Waals surface area (Å²) >= 11 is 1.15. The van der Waals surface area contributed by atoms with Crippen LogP contribution in [0.1, 0.15) is 6.42 Å². The average Bonchev–Trinajstić information content (AvgIpc) is 2.04. The molecule has 0 aromatic rings. The van der Waals surface area contributed by atoms with Gasteiger partial charge < -0.3 is 5.11 Å². The van der Waals surface area contributed by atoms with E-state index in [1.54, 1.807) is 4.90 Å². The van der Waals surface area contributed by atoms with Crippen molar-refractivity contribution >= 4 is 22.8 Å². The van der Waals surface area contributed by atoms with Crippen LogP contribution in [0.5, 0.6) is 0 Å². The van der Waals surface area contributed by atoms with E-state index >= 15 is 0 Å². The number of aliphatic hydroxyl groups excluding tert-OH is 1. The molecule has 0 spiro atoms. The van der Waals surface area contributed by atoms with E-state index in [0.29, 0.717) is 11.7 Å². The van der Waals surface area contributed by atoms with Crippen molar-refractivity contribution in [3.63, 3.8) is 0 Å². The van der Waals surface area contributed by atoms with Crippen LogP contribution in [-0.2, 0) is 4.79 Å². The topological polar surface area (TPSA) is 52.9 Å². The zero-order chi connectivity index (χ0) is 8.55. The number of hydrogen-bond acceptors (Lipinski definition) is 4. The zero-order valence-electron chi connectivity index (χ0n) is 6.36. The van der Waals surface area contributed by atoms with Crippen LogP contribution in [-0.4, -0.2) is 34.2 Å². The molecule has 5 heteroatoms. The molecule has 0 saturated heterocycles. The molecule has 0 aromatic carbocycles. The fourth-order valence-electron chi connectivity index (χ4n) is 1.18. The Morgan fingerprint density at radius 3 is 3.33 bits per heavy atom. The summed E-state index contributed by atoms with van der Waals surface area (Å²) in [6.07, 6.45) is 2.14. The third-order valence-corrected chi connectivity index (χ3v) is 2.59. The Balaban J connectivity index is 2.31. The molecule has 0 aromatic heterocycles. The molecule has 0 bridgehead atoms. The van der Waals surface area contributed by atoms with Crippen molar-refractivity contribution in [1.29, 1.82) is 0 Å². The lowest BCUT2D eigenvalue weighted by molar-refractivity contribution is -0.122. The van der Waals surface area contributed by atoms with E-state index in [-0.39, 0.29) is 11.0 Å². The summed E-state index contributed by atoms with van der Waals surface area (Å²) in [5, 5.41) is 9.78. The summed E-state index contributed by atoms with van der Waals surface area (Å²) < 4.78 is 0. The van der Waals surface area contributed by atoms with Crippen LogP contribution in [0.3, 0.4) is 0 Å².